The number of pyridine rings is 1. The molecule has 56 heavy (non-hydrogen) atoms. The number of nitrogen functional groups attached to an aromatic ring is 1. The number of nitrogens with two attached hydrogens (primary N) is 1. The third-order valence-electron chi connectivity index (χ3n) is 12.4. The van der Waals surface area contributed by atoms with E-state index in [1.165, 1.54) is 6.07 Å². The zero-order valence-corrected chi connectivity index (χ0v) is 34.4. The van der Waals surface area contributed by atoms with Crippen molar-refractivity contribution in [2.75, 3.05) is 33.0 Å². The summed E-state index contributed by atoms with van der Waals surface area (Å²) < 4.78 is 38.7. The monoisotopic (exact) mass is 790 g/mol. The van der Waals surface area contributed by atoms with Crippen molar-refractivity contribution < 1.29 is 57.9 Å². The predicted octanol–water partition coefficient (Wildman–Crippen LogP) is 3.39. The number of fused-ring (bicyclic) bond motifs is 4. The van der Waals surface area contributed by atoms with Crippen molar-refractivity contribution >= 4 is 29.3 Å². The number of rotatable bonds is 7. The number of hydrogen-bond donors (Lipinski definition) is 3. The smallest absolute Gasteiger partial charge is 0.311 e. The highest BCUT2D eigenvalue weighted by Gasteiger charge is 2.57. The van der Waals surface area contributed by atoms with Crippen molar-refractivity contribution in [3.05, 3.63) is 17.8 Å². The normalized spacial score (nSPS) is 40.9. The Morgan fingerprint density at radius 3 is 2.45 bits per heavy atom. The number of nitrogens with zero attached hydrogens (tertiary/aromatic N) is 3. The Hall–Kier alpha value is -3.41. The number of aliphatic hydroxyl groups is 1. The van der Waals surface area contributed by atoms with Gasteiger partial charge in [0, 0.05) is 29.7 Å². The van der Waals surface area contributed by atoms with Gasteiger partial charge in [-0.25, -0.2) is 4.98 Å². The molecule has 5 rings (SSSR count). The maximum absolute atomic E-state index is 14.5. The molecule has 1 aromatic rings. The minimum absolute atomic E-state index is 0.0101. The molecular formula is C40H62N4O12. The van der Waals surface area contributed by atoms with E-state index in [0.717, 1.165) is 0 Å². The molecule has 0 aliphatic carbocycles. The molecule has 14 atom stereocenters. The Kier molecular flexibility index (Phi) is 13.7. The van der Waals surface area contributed by atoms with Crippen molar-refractivity contribution in [1.82, 2.24) is 9.88 Å². The molecule has 4 aliphatic heterocycles. The summed E-state index contributed by atoms with van der Waals surface area (Å²) in [5.74, 6) is -4.63. The lowest BCUT2D eigenvalue weighted by Crippen LogP contribution is -2.60. The molecule has 0 radical (unpaired) electrons. The van der Waals surface area contributed by atoms with Crippen molar-refractivity contribution in [2.45, 2.75) is 142 Å². The van der Waals surface area contributed by atoms with Crippen LogP contribution >= 0.6 is 0 Å². The third-order valence-corrected chi connectivity index (χ3v) is 12.4. The van der Waals surface area contributed by atoms with Gasteiger partial charge in [0.2, 0.25) is 0 Å². The molecule has 16 heteroatoms. The Bertz CT molecular complexity index is 1610. The van der Waals surface area contributed by atoms with Gasteiger partial charge < -0.3 is 54.1 Å². The van der Waals surface area contributed by atoms with Crippen LogP contribution in [0.25, 0.3) is 0 Å². The molecule has 4 aliphatic rings. The average molecular weight is 791 g/mol. The number of carbonyl (C=O) groups is 3. The van der Waals surface area contributed by atoms with Crippen LogP contribution in [0.1, 0.15) is 86.8 Å². The minimum Gasteiger partial charge on any atom is -0.504 e. The van der Waals surface area contributed by atoms with Gasteiger partial charge in [-0.1, -0.05) is 32.9 Å². The minimum atomic E-state index is -1.27. The largest absolute Gasteiger partial charge is 0.504 e. The summed E-state index contributed by atoms with van der Waals surface area (Å²) in [5, 5.41) is 25.8. The summed E-state index contributed by atoms with van der Waals surface area (Å²) >= 11 is 0. The van der Waals surface area contributed by atoms with Gasteiger partial charge in [-0.15, -0.1) is 0 Å². The topological polar surface area (TPSA) is 211 Å². The number of ketones is 1. The molecule has 0 unspecified atom stereocenters. The first kappa shape index (κ1) is 43.7. The molecule has 314 valence electrons. The number of oxime groups is 1. The fourth-order valence-electron chi connectivity index (χ4n) is 9.18. The number of anilines is 1. The standard InChI is InChI=1S/C40H62N4O12/c1-11-30-40(8)27(15-31(46)56-40)22(4)32(47)20(2)16-39(7)35(55-38-33(48)28(44(9)10)14-21(3)53-38)23(5)34(24(6)37(49)54-30)50-17-26(18-51-39)43-52-19-25-12-13-29(45)36(41)42-25/h12-13,20-24,27-28,30,33-35,38,45,48H,11,14-19H2,1-10H3,(H2,41,42)/b43-26-/t20-,21-,22-,23-,24-,27+,28+,30-,33-,34+,35-,38+,39-,40+/m1/s1. The number of aromatic hydroxyl groups is 1. The van der Waals surface area contributed by atoms with Gasteiger partial charge in [-0.2, -0.15) is 0 Å². The first-order chi connectivity index (χ1) is 26.3. The van der Waals surface area contributed by atoms with Crippen LogP contribution in [0.2, 0.25) is 0 Å². The van der Waals surface area contributed by atoms with Crippen LogP contribution in [-0.4, -0.2) is 125 Å². The number of likely N-dealkylation sites (N-methyl/N-ethyl adjacent to an activating group) is 1. The number of Topliss-reactive ketones (excluding diaryl/α,β-unsaturated/α-hetero) is 1. The van der Waals surface area contributed by atoms with E-state index in [-0.39, 0.29) is 62.2 Å². The molecule has 4 N–H and O–H groups in total. The molecule has 4 fully saturated rings. The van der Waals surface area contributed by atoms with Gasteiger partial charge in [0.25, 0.3) is 0 Å². The van der Waals surface area contributed by atoms with E-state index in [1.807, 2.05) is 53.6 Å². The number of cyclic esters (lactones) is 1. The van der Waals surface area contributed by atoms with Crippen molar-refractivity contribution in [3.8, 4) is 5.75 Å². The van der Waals surface area contributed by atoms with Gasteiger partial charge in [-0.05, 0) is 73.2 Å². The van der Waals surface area contributed by atoms with Crippen LogP contribution in [0.5, 0.6) is 5.75 Å². The van der Waals surface area contributed by atoms with Gasteiger partial charge in [0.05, 0.1) is 55.2 Å². The van der Waals surface area contributed by atoms with Gasteiger partial charge in [0.15, 0.2) is 24.5 Å². The maximum atomic E-state index is 14.5. The van der Waals surface area contributed by atoms with E-state index in [4.69, 9.17) is 39.0 Å². The van der Waals surface area contributed by atoms with Crippen LogP contribution < -0.4 is 5.73 Å². The van der Waals surface area contributed by atoms with E-state index in [0.29, 0.717) is 24.2 Å². The summed E-state index contributed by atoms with van der Waals surface area (Å²) in [7, 11) is 3.78. The lowest BCUT2D eigenvalue weighted by Gasteiger charge is -2.48. The number of aromatic nitrogens is 1. The number of carbonyl (C=O) groups excluding carboxylic acids is 3. The molecule has 4 saturated heterocycles. The fraction of sp³-hybridized carbons (Fsp3) is 0.775. The predicted molar refractivity (Wildman–Crippen MR) is 203 cm³/mol. The highest BCUT2D eigenvalue weighted by Crippen LogP contribution is 2.46. The lowest BCUT2D eigenvalue weighted by molar-refractivity contribution is -0.302. The molecule has 2 bridgehead atoms. The Balaban J connectivity index is 1.59. The van der Waals surface area contributed by atoms with Crippen LogP contribution in [0.4, 0.5) is 5.82 Å². The van der Waals surface area contributed by atoms with Crippen LogP contribution in [0.3, 0.4) is 0 Å². The molecule has 16 nitrogen and oxygen atoms in total. The van der Waals surface area contributed by atoms with Crippen molar-refractivity contribution in [2.24, 2.45) is 34.7 Å². The maximum Gasteiger partial charge on any atom is 0.311 e. The SMILES string of the molecule is CC[C@H]1OC(=O)[C@H](C)[C@H]2OC/C(=N/OCc3ccc(O)c(N)n3)CO[C@](C)(C[C@@H](C)C(=O)[C@H](C)[C@@H]3CC(=O)O[C@]13C)[C@H](O[C@@H]1O[C@H](C)C[C@H](N(C)C)[C@H]1O)[C@@H]2C. The summed E-state index contributed by atoms with van der Waals surface area (Å²) in [6.07, 6.45) is -3.89. The fourth-order valence-corrected chi connectivity index (χ4v) is 9.18. The highest BCUT2D eigenvalue weighted by atomic mass is 16.7. The van der Waals surface area contributed by atoms with Crippen LogP contribution in [0, 0.1) is 29.6 Å². The van der Waals surface area contributed by atoms with E-state index < -0.39 is 83.4 Å². The molecule has 0 spiro atoms. The van der Waals surface area contributed by atoms with Gasteiger partial charge in [-0.3, -0.25) is 14.4 Å². The molecule has 5 heterocycles. The van der Waals surface area contributed by atoms with Gasteiger partial charge >= 0.3 is 11.9 Å². The van der Waals surface area contributed by atoms with Crippen molar-refractivity contribution in [1.29, 1.82) is 0 Å². The first-order valence-corrected chi connectivity index (χ1v) is 19.8. The molecule has 0 amide bonds. The quantitative estimate of drug-likeness (QED) is 0.267. The Labute approximate surface area is 329 Å². The Morgan fingerprint density at radius 2 is 1.79 bits per heavy atom. The van der Waals surface area contributed by atoms with E-state index >= 15 is 0 Å². The molecule has 0 aromatic carbocycles. The van der Waals surface area contributed by atoms with E-state index in [1.54, 1.807) is 26.8 Å². The summed E-state index contributed by atoms with van der Waals surface area (Å²) in [5.41, 5.74) is 4.03. The second-order valence-electron chi connectivity index (χ2n) is 16.9. The zero-order valence-electron chi connectivity index (χ0n) is 34.4. The summed E-state index contributed by atoms with van der Waals surface area (Å²) in [6, 6.07) is 2.70. The first-order valence-electron chi connectivity index (χ1n) is 19.8. The van der Waals surface area contributed by atoms with E-state index in [2.05, 4.69) is 10.1 Å². The summed E-state index contributed by atoms with van der Waals surface area (Å²) in [6.45, 7) is 14.3. The number of ether oxygens (including phenoxy) is 6. The zero-order chi connectivity index (χ0) is 41.3. The number of esters is 2. The van der Waals surface area contributed by atoms with E-state index in [9.17, 15) is 24.6 Å². The Morgan fingerprint density at radius 1 is 1.07 bits per heavy atom. The molecule has 0 saturated carbocycles. The molecular weight excluding hydrogens is 728 g/mol. The second kappa shape index (κ2) is 17.6. The lowest BCUT2D eigenvalue weighted by atomic mass is 9.70. The third kappa shape index (κ3) is 9.15. The second-order valence-corrected chi connectivity index (χ2v) is 16.9. The van der Waals surface area contributed by atoms with Crippen LogP contribution in [-0.2, 0) is 54.2 Å². The van der Waals surface area contributed by atoms with Crippen LogP contribution in [0.15, 0.2) is 17.3 Å². The highest BCUT2D eigenvalue weighted by molar-refractivity contribution is 5.87. The van der Waals surface area contributed by atoms with Crippen molar-refractivity contribution in [3.63, 3.8) is 0 Å². The average Bonchev–Trinajstić information content (AvgIpc) is 3.47. The molecule has 1 aromatic heterocycles. The number of hydrogen-bond acceptors (Lipinski definition) is 16. The summed E-state index contributed by atoms with van der Waals surface area (Å²) in [4.78, 5) is 53.4. The number of aliphatic hydroxyl groups excluding tert-OH is 1. The van der Waals surface area contributed by atoms with Gasteiger partial charge in [0.1, 0.15) is 29.3 Å².